The lowest BCUT2D eigenvalue weighted by Crippen LogP contribution is -2.31. The first-order valence-electron chi connectivity index (χ1n) is 7.63. The third-order valence-corrected chi connectivity index (χ3v) is 3.97. The Morgan fingerprint density at radius 2 is 2.09 bits per heavy atom. The molecule has 0 fully saturated rings. The van der Waals surface area contributed by atoms with Crippen LogP contribution in [0.25, 0.3) is 0 Å². The van der Waals surface area contributed by atoms with Crippen LogP contribution in [0.1, 0.15) is 30.8 Å². The molecule has 2 unspecified atom stereocenters. The number of amides is 1. The van der Waals surface area contributed by atoms with Crippen LogP contribution in [0.3, 0.4) is 0 Å². The van der Waals surface area contributed by atoms with Crippen LogP contribution in [0.5, 0.6) is 0 Å². The average Bonchev–Trinajstić information content (AvgIpc) is 2.91. The summed E-state index contributed by atoms with van der Waals surface area (Å²) in [6, 6.07) is 6.86. The number of aryl methyl sites for hydroxylation is 1. The maximum absolute atomic E-state index is 12.0. The lowest BCUT2D eigenvalue weighted by molar-refractivity contribution is -0.123. The minimum atomic E-state index is -0.821. The highest BCUT2D eigenvalue weighted by Gasteiger charge is 2.14. The van der Waals surface area contributed by atoms with E-state index in [-0.39, 0.29) is 18.2 Å². The Bertz CT molecular complexity index is 640. The number of carbonyl (C=O) groups is 1. The number of nitrogens with zero attached hydrogens (tertiary/aromatic N) is 2. The van der Waals surface area contributed by atoms with Crippen LogP contribution in [-0.2, 0) is 11.3 Å². The minimum Gasteiger partial charge on any atom is -0.388 e. The first kappa shape index (κ1) is 17.5. The molecule has 124 valence electrons. The molecule has 1 aromatic carbocycles. The van der Waals surface area contributed by atoms with E-state index in [1.807, 2.05) is 13.1 Å². The molecule has 5 nitrogen and oxygen atoms in total. The molecule has 2 aromatic rings. The zero-order chi connectivity index (χ0) is 16.8. The Morgan fingerprint density at radius 1 is 1.39 bits per heavy atom. The van der Waals surface area contributed by atoms with Crippen molar-refractivity contribution in [1.29, 1.82) is 0 Å². The third-order valence-electron chi connectivity index (χ3n) is 3.71. The molecule has 1 aromatic heterocycles. The van der Waals surface area contributed by atoms with Crippen LogP contribution in [0.2, 0.25) is 5.02 Å². The Morgan fingerprint density at radius 3 is 2.70 bits per heavy atom. The summed E-state index contributed by atoms with van der Waals surface area (Å²) < 4.78 is 2.05. The van der Waals surface area contributed by atoms with Crippen LogP contribution in [0.4, 0.5) is 0 Å². The molecular weight excluding hydrogens is 314 g/mol. The van der Waals surface area contributed by atoms with E-state index < -0.39 is 6.10 Å². The number of aromatic nitrogens is 2. The summed E-state index contributed by atoms with van der Waals surface area (Å²) in [5, 5.41) is 13.5. The fourth-order valence-corrected chi connectivity index (χ4v) is 2.46. The van der Waals surface area contributed by atoms with Crippen molar-refractivity contribution in [3.8, 4) is 0 Å². The summed E-state index contributed by atoms with van der Waals surface area (Å²) in [6.45, 7) is 5.37. The van der Waals surface area contributed by atoms with Gasteiger partial charge in [0.1, 0.15) is 5.82 Å². The van der Waals surface area contributed by atoms with Crippen molar-refractivity contribution in [3.05, 3.63) is 53.1 Å². The highest BCUT2D eigenvalue weighted by Crippen LogP contribution is 2.19. The summed E-state index contributed by atoms with van der Waals surface area (Å²) in [6.07, 6.45) is 2.91. The van der Waals surface area contributed by atoms with E-state index in [1.165, 1.54) is 0 Å². The maximum atomic E-state index is 12.0. The van der Waals surface area contributed by atoms with Crippen molar-refractivity contribution in [3.63, 3.8) is 0 Å². The normalized spacial score (nSPS) is 13.6. The number of rotatable bonds is 7. The second-order valence-electron chi connectivity index (χ2n) is 5.81. The molecule has 0 radical (unpaired) electrons. The van der Waals surface area contributed by atoms with Crippen molar-refractivity contribution in [2.24, 2.45) is 5.92 Å². The number of carbonyl (C=O) groups excluding carboxylic acids is 1. The number of imidazole rings is 1. The van der Waals surface area contributed by atoms with Crippen LogP contribution in [0, 0.1) is 12.8 Å². The van der Waals surface area contributed by atoms with Gasteiger partial charge in [-0.05, 0) is 30.5 Å². The standard InChI is InChI=1S/C17H22ClN3O2/c1-12(11-21-8-7-19-13(21)2)10-20-17(23)9-16(22)14-3-5-15(18)6-4-14/h3-8,12,16,22H,9-11H2,1-2H3,(H,20,23). The molecule has 0 aliphatic heterocycles. The van der Waals surface area contributed by atoms with Crippen molar-refractivity contribution in [2.75, 3.05) is 6.54 Å². The van der Waals surface area contributed by atoms with Gasteiger partial charge in [0.05, 0.1) is 12.5 Å². The van der Waals surface area contributed by atoms with Crippen LogP contribution < -0.4 is 5.32 Å². The number of aliphatic hydroxyl groups is 1. The van der Waals surface area contributed by atoms with Gasteiger partial charge in [0.25, 0.3) is 0 Å². The summed E-state index contributed by atoms with van der Waals surface area (Å²) in [4.78, 5) is 16.1. The van der Waals surface area contributed by atoms with Gasteiger partial charge in [-0.3, -0.25) is 4.79 Å². The van der Waals surface area contributed by atoms with Gasteiger partial charge in [0, 0.05) is 30.5 Å². The van der Waals surface area contributed by atoms with Crippen LogP contribution in [0.15, 0.2) is 36.7 Å². The van der Waals surface area contributed by atoms with Gasteiger partial charge in [-0.1, -0.05) is 30.7 Å². The number of halogens is 1. The lowest BCUT2D eigenvalue weighted by Gasteiger charge is -2.16. The summed E-state index contributed by atoms with van der Waals surface area (Å²) in [5.41, 5.74) is 0.687. The molecule has 2 N–H and O–H groups in total. The largest absolute Gasteiger partial charge is 0.388 e. The van der Waals surface area contributed by atoms with Crippen molar-refractivity contribution < 1.29 is 9.90 Å². The molecule has 2 rings (SSSR count). The van der Waals surface area contributed by atoms with Gasteiger partial charge in [0.2, 0.25) is 5.91 Å². The molecule has 0 aliphatic rings. The number of nitrogens with one attached hydrogen (secondary N) is 1. The minimum absolute atomic E-state index is 0.0401. The summed E-state index contributed by atoms with van der Waals surface area (Å²) >= 11 is 5.81. The number of hydrogen-bond donors (Lipinski definition) is 2. The molecule has 0 spiro atoms. The topological polar surface area (TPSA) is 67.2 Å². The Balaban J connectivity index is 1.76. The van der Waals surface area contributed by atoms with E-state index in [0.717, 1.165) is 12.4 Å². The zero-order valence-electron chi connectivity index (χ0n) is 13.4. The van der Waals surface area contributed by atoms with Crippen molar-refractivity contribution in [2.45, 2.75) is 32.9 Å². The summed E-state index contributed by atoms with van der Waals surface area (Å²) in [5.74, 6) is 1.07. The molecule has 2 atom stereocenters. The quantitative estimate of drug-likeness (QED) is 0.817. The second kappa shape index (κ2) is 8.13. The van der Waals surface area contributed by atoms with Gasteiger partial charge in [0.15, 0.2) is 0 Å². The molecule has 23 heavy (non-hydrogen) atoms. The van der Waals surface area contributed by atoms with Gasteiger partial charge in [-0.25, -0.2) is 4.98 Å². The predicted molar refractivity (Wildman–Crippen MR) is 90.2 cm³/mol. The van der Waals surface area contributed by atoms with Gasteiger partial charge >= 0.3 is 0 Å². The smallest absolute Gasteiger partial charge is 0.222 e. The van der Waals surface area contributed by atoms with E-state index >= 15 is 0 Å². The second-order valence-corrected chi connectivity index (χ2v) is 6.24. The predicted octanol–water partition coefficient (Wildman–Crippen LogP) is 2.72. The van der Waals surface area contributed by atoms with E-state index in [9.17, 15) is 9.90 Å². The van der Waals surface area contributed by atoms with Crippen LogP contribution in [-0.4, -0.2) is 27.1 Å². The van der Waals surface area contributed by atoms with Crippen molar-refractivity contribution >= 4 is 17.5 Å². The Hall–Kier alpha value is -1.85. The molecule has 0 saturated carbocycles. The Kier molecular flexibility index (Phi) is 6.19. The van der Waals surface area contributed by atoms with E-state index in [0.29, 0.717) is 17.1 Å². The van der Waals surface area contributed by atoms with Crippen LogP contribution >= 0.6 is 11.6 Å². The summed E-state index contributed by atoms with van der Waals surface area (Å²) in [7, 11) is 0. The van der Waals surface area contributed by atoms with E-state index in [1.54, 1.807) is 30.5 Å². The van der Waals surface area contributed by atoms with E-state index in [4.69, 9.17) is 11.6 Å². The Labute approximate surface area is 141 Å². The fourth-order valence-electron chi connectivity index (χ4n) is 2.34. The number of hydrogen-bond acceptors (Lipinski definition) is 3. The molecule has 1 heterocycles. The number of aliphatic hydroxyl groups excluding tert-OH is 1. The molecule has 0 bridgehead atoms. The monoisotopic (exact) mass is 335 g/mol. The fraction of sp³-hybridized carbons (Fsp3) is 0.412. The third kappa shape index (κ3) is 5.37. The molecule has 1 amide bonds. The average molecular weight is 336 g/mol. The molecular formula is C17H22ClN3O2. The number of benzene rings is 1. The van der Waals surface area contributed by atoms with Gasteiger partial charge in [-0.15, -0.1) is 0 Å². The lowest BCUT2D eigenvalue weighted by atomic mass is 10.1. The van der Waals surface area contributed by atoms with E-state index in [2.05, 4.69) is 21.8 Å². The SMILES string of the molecule is Cc1nccn1CC(C)CNC(=O)CC(O)c1ccc(Cl)cc1. The van der Waals surface area contributed by atoms with Gasteiger partial charge < -0.3 is 15.0 Å². The molecule has 0 saturated heterocycles. The molecule has 6 heteroatoms. The highest BCUT2D eigenvalue weighted by atomic mass is 35.5. The van der Waals surface area contributed by atoms with Crippen molar-refractivity contribution in [1.82, 2.24) is 14.9 Å². The first-order valence-corrected chi connectivity index (χ1v) is 8.01. The first-order chi connectivity index (χ1) is 11.0. The van der Waals surface area contributed by atoms with Gasteiger partial charge in [-0.2, -0.15) is 0 Å². The maximum Gasteiger partial charge on any atom is 0.222 e. The molecule has 0 aliphatic carbocycles. The zero-order valence-corrected chi connectivity index (χ0v) is 14.1. The highest BCUT2D eigenvalue weighted by molar-refractivity contribution is 6.30.